The zero-order chi connectivity index (χ0) is 20.9. The molecular formula is C22H23FN6O. The highest BCUT2D eigenvalue weighted by Crippen LogP contribution is 2.22. The van der Waals surface area contributed by atoms with Crippen LogP contribution in [0, 0.1) is 12.7 Å². The Hall–Kier alpha value is -3.68. The molecule has 4 rings (SSSR count). The second kappa shape index (κ2) is 8.77. The van der Waals surface area contributed by atoms with E-state index < -0.39 is 11.8 Å². The summed E-state index contributed by atoms with van der Waals surface area (Å²) in [6.07, 6.45) is 2.34. The van der Waals surface area contributed by atoms with E-state index in [2.05, 4.69) is 30.8 Å². The molecule has 0 saturated carbocycles. The van der Waals surface area contributed by atoms with E-state index in [1.54, 1.807) is 18.2 Å². The molecular weight excluding hydrogens is 383 g/mol. The molecule has 3 aromatic rings. The molecule has 0 radical (unpaired) electrons. The van der Waals surface area contributed by atoms with Gasteiger partial charge in [-0.3, -0.25) is 0 Å². The molecule has 1 aliphatic rings. The SMILES string of the molecule is Cc1cc(Nc2ccc(NC(=O)Nc3cccc(F)c3)cc2)nc(N2CCCC2)n1. The van der Waals surface area contributed by atoms with Gasteiger partial charge in [0, 0.05) is 41.9 Å². The Balaban J connectivity index is 1.38. The number of rotatable bonds is 5. The average molecular weight is 406 g/mol. The van der Waals surface area contributed by atoms with Gasteiger partial charge in [0.2, 0.25) is 5.95 Å². The molecule has 8 heteroatoms. The van der Waals surface area contributed by atoms with Gasteiger partial charge in [0.1, 0.15) is 11.6 Å². The number of carbonyl (C=O) groups excluding carboxylic acids is 1. The third kappa shape index (κ3) is 5.02. The van der Waals surface area contributed by atoms with Gasteiger partial charge in [-0.05, 0) is 62.2 Å². The van der Waals surface area contributed by atoms with E-state index in [1.807, 2.05) is 25.1 Å². The maximum absolute atomic E-state index is 13.2. The first-order valence-corrected chi connectivity index (χ1v) is 9.86. The quantitative estimate of drug-likeness (QED) is 0.561. The number of urea groups is 1. The highest BCUT2D eigenvalue weighted by Gasteiger charge is 2.16. The Morgan fingerprint density at radius 2 is 1.63 bits per heavy atom. The molecule has 2 heterocycles. The molecule has 0 bridgehead atoms. The predicted molar refractivity (Wildman–Crippen MR) is 117 cm³/mol. The van der Waals surface area contributed by atoms with Crippen LogP contribution in [0.4, 0.5) is 38.0 Å². The van der Waals surface area contributed by atoms with Crippen LogP contribution in [0.1, 0.15) is 18.5 Å². The predicted octanol–water partition coefficient (Wildman–Crippen LogP) is 4.91. The molecule has 3 N–H and O–H groups in total. The van der Waals surface area contributed by atoms with Crippen LogP contribution in [0.25, 0.3) is 0 Å². The van der Waals surface area contributed by atoms with Crippen molar-refractivity contribution in [2.75, 3.05) is 33.9 Å². The van der Waals surface area contributed by atoms with Gasteiger partial charge in [-0.15, -0.1) is 0 Å². The van der Waals surface area contributed by atoms with E-state index in [-0.39, 0.29) is 0 Å². The number of halogens is 1. The van der Waals surface area contributed by atoms with Crippen molar-refractivity contribution in [2.45, 2.75) is 19.8 Å². The van der Waals surface area contributed by atoms with Crippen LogP contribution in [-0.4, -0.2) is 29.1 Å². The van der Waals surface area contributed by atoms with Crippen LogP contribution in [0.2, 0.25) is 0 Å². The lowest BCUT2D eigenvalue weighted by Crippen LogP contribution is -2.21. The summed E-state index contributed by atoms with van der Waals surface area (Å²) in [6, 6.07) is 14.5. The molecule has 0 unspecified atom stereocenters. The topological polar surface area (TPSA) is 82.2 Å². The van der Waals surface area contributed by atoms with Gasteiger partial charge in [-0.2, -0.15) is 4.98 Å². The van der Waals surface area contributed by atoms with E-state index >= 15 is 0 Å². The average Bonchev–Trinajstić information content (AvgIpc) is 3.24. The van der Waals surface area contributed by atoms with Gasteiger partial charge in [0.25, 0.3) is 0 Å². The summed E-state index contributed by atoms with van der Waals surface area (Å²) in [7, 11) is 0. The van der Waals surface area contributed by atoms with Crippen molar-refractivity contribution in [3.63, 3.8) is 0 Å². The zero-order valence-electron chi connectivity index (χ0n) is 16.7. The lowest BCUT2D eigenvalue weighted by molar-refractivity contribution is 0.262. The number of hydrogen-bond donors (Lipinski definition) is 3. The van der Waals surface area contributed by atoms with Gasteiger partial charge in [0.15, 0.2) is 0 Å². The van der Waals surface area contributed by atoms with Gasteiger partial charge >= 0.3 is 6.03 Å². The van der Waals surface area contributed by atoms with E-state index in [0.717, 1.165) is 36.2 Å². The first-order chi connectivity index (χ1) is 14.5. The van der Waals surface area contributed by atoms with Gasteiger partial charge in [-0.25, -0.2) is 14.2 Å². The highest BCUT2D eigenvalue weighted by molar-refractivity contribution is 5.99. The fourth-order valence-electron chi connectivity index (χ4n) is 3.32. The number of benzene rings is 2. The van der Waals surface area contributed by atoms with Crippen LogP contribution in [0.3, 0.4) is 0 Å². The molecule has 1 aliphatic heterocycles. The Labute approximate surface area is 174 Å². The minimum atomic E-state index is -0.442. The molecule has 0 aliphatic carbocycles. The number of carbonyl (C=O) groups is 1. The van der Waals surface area contributed by atoms with E-state index in [4.69, 9.17) is 0 Å². The minimum Gasteiger partial charge on any atom is -0.341 e. The lowest BCUT2D eigenvalue weighted by Gasteiger charge is -2.17. The monoisotopic (exact) mass is 406 g/mol. The van der Waals surface area contributed by atoms with Crippen molar-refractivity contribution in [1.82, 2.24) is 9.97 Å². The van der Waals surface area contributed by atoms with Gasteiger partial charge in [0.05, 0.1) is 0 Å². The summed E-state index contributed by atoms with van der Waals surface area (Å²) in [5.74, 6) is 1.08. The molecule has 2 amide bonds. The van der Waals surface area contributed by atoms with Gasteiger partial charge in [-0.1, -0.05) is 6.07 Å². The molecule has 1 saturated heterocycles. The van der Waals surface area contributed by atoms with E-state index in [1.165, 1.54) is 31.0 Å². The number of nitrogens with zero attached hydrogens (tertiary/aromatic N) is 3. The third-order valence-corrected chi connectivity index (χ3v) is 4.73. The van der Waals surface area contributed by atoms with Crippen LogP contribution in [-0.2, 0) is 0 Å². The number of hydrogen-bond acceptors (Lipinski definition) is 5. The van der Waals surface area contributed by atoms with Crippen LogP contribution < -0.4 is 20.9 Å². The van der Waals surface area contributed by atoms with Crippen molar-refractivity contribution in [3.05, 3.63) is 66.1 Å². The fourth-order valence-corrected chi connectivity index (χ4v) is 3.32. The summed E-state index contributed by atoms with van der Waals surface area (Å²) >= 11 is 0. The fraction of sp³-hybridized carbons (Fsp3) is 0.227. The van der Waals surface area contributed by atoms with Crippen LogP contribution in [0.15, 0.2) is 54.6 Å². The first kappa shape index (κ1) is 19.6. The second-order valence-electron chi connectivity index (χ2n) is 7.18. The van der Waals surface area contributed by atoms with Gasteiger partial charge < -0.3 is 20.9 Å². The first-order valence-electron chi connectivity index (χ1n) is 9.86. The third-order valence-electron chi connectivity index (χ3n) is 4.73. The molecule has 0 atom stereocenters. The number of aromatic nitrogens is 2. The maximum atomic E-state index is 13.2. The molecule has 30 heavy (non-hydrogen) atoms. The summed E-state index contributed by atoms with van der Waals surface area (Å²) in [4.78, 5) is 23.5. The van der Waals surface area contributed by atoms with Crippen molar-refractivity contribution in [2.24, 2.45) is 0 Å². The summed E-state index contributed by atoms with van der Waals surface area (Å²) in [6.45, 7) is 3.93. The molecule has 0 spiro atoms. The van der Waals surface area contributed by atoms with E-state index in [0.29, 0.717) is 11.4 Å². The molecule has 1 fully saturated rings. The Morgan fingerprint density at radius 1 is 0.933 bits per heavy atom. The highest BCUT2D eigenvalue weighted by atomic mass is 19.1. The number of amides is 2. The summed E-state index contributed by atoms with van der Waals surface area (Å²) in [5.41, 5.74) is 2.75. The van der Waals surface area contributed by atoms with E-state index in [9.17, 15) is 9.18 Å². The maximum Gasteiger partial charge on any atom is 0.323 e. The largest absolute Gasteiger partial charge is 0.341 e. The Kier molecular flexibility index (Phi) is 5.74. The van der Waals surface area contributed by atoms with Crippen molar-refractivity contribution in [1.29, 1.82) is 0 Å². The van der Waals surface area contributed by atoms with Crippen molar-refractivity contribution in [3.8, 4) is 0 Å². The van der Waals surface area contributed by atoms with Crippen molar-refractivity contribution >= 4 is 34.9 Å². The molecule has 7 nitrogen and oxygen atoms in total. The standard InChI is InChI=1S/C22H23FN6O/c1-15-13-20(28-21(24-15)29-11-2-3-12-29)25-17-7-9-18(10-8-17)26-22(30)27-19-6-4-5-16(23)14-19/h4-10,13-14H,2-3,11-12H2,1H3,(H,24,25,28)(H2,26,27,30). The summed E-state index contributed by atoms with van der Waals surface area (Å²) in [5, 5.41) is 8.61. The minimum absolute atomic E-state index is 0.388. The molecule has 1 aromatic heterocycles. The smallest absolute Gasteiger partial charge is 0.323 e. The molecule has 154 valence electrons. The lowest BCUT2D eigenvalue weighted by atomic mass is 10.2. The summed E-state index contributed by atoms with van der Waals surface area (Å²) < 4.78 is 13.2. The van der Waals surface area contributed by atoms with Crippen LogP contribution >= 0.6 is 0 Å². The Morgan fingerprint density at radius 3 is 2.37 bits per heavy atom. The number of nitrogens with one attached hydrogen (secondary N) is 3. The second-order valence-corrected chi connectivity index (χ2v) is 7.18. The molecule has 2 aromatic carbocycles. The Bertz CT molecular complexity index is 1030. The van der Waals surface area contributed by atoms with Crippen molar-refractivity contribution < 1.29 is 9.18 Å². The number of aryl methyl sites for hydroxylation is 1. The zero-order valence-corrected chi connectivity index (χ0v) is 16.7. The normalized spacial score (nSPS) is 13.2. The number of anilines is 5. The van der Waals surface area contributed by atoms with Crippen LogP contribution in [0.5, 0.6) is 0 Å².